The van der Waals surface area contributed by atoms with Gasteiger partial charge in [0.2, 0.25) is 0 Å². The van der Waals surface area contributed by atoms with Crippen LogP contribution in [0.5, 0.6) is 0 Å². The van der Waals surface area contributed by atoms with E-state index in [0.717, 1.165) is 11.4 Å². The fourth-order valence-electron chi connectivity index (χ4n) is 1.69. The van der Waals surface area contributed by atoms with Gasteiger partial charge in [-0.15, -0.1) is 0 Å². The summed E-state index contributed by atoms with van der Waals surface area (Å²) in [6, 6.07) is 10.8. The van der Waals surface area contributed by atoms with Crippen molar-refractivity contribution in [2.45, 2.75) is 0 Å². The molecule has 0 spiro atoms. The number of rotatable bonds is 2. The highest BCUT2D eigenvalue weighted by atomic mass is 35.5. The molecular formula is C12H7Cl2N3O. The molecule has 3 aromatic rings. The average molecular weight is 280 g/mol. The zero-order valence-electron chi connectivity index (χ0n) is 9.02. The number of anilines is 2. The number of hydrogen-bond donors (Lipinski definition) is 1. The second-order valence-corrected chi connectivity index (χ2v) is 4.59. The van der Waals surface area contributed by atoms with Gasteiger partial charge in [-0.3, -0.25) is 0 Å². The monoisotopic (exact) mass is 279 g/mol. The van der Waals surface area contributed by atoms with Crippen LogP contribution in [-0.2, 0) is 0 Å². The number of benzene rings is 2. The second-order valence-electron chi connectivity index (χ2n) is 3.72. The summed E-state index contributed by atoms with van der Waals surface area (Å²) in [7, 11) is 0. The lowest BCUT2D eigenvalue weighted by atomic mass is 10.2. The molecule has 0 aliphatic carbocycles. The van der Waals surface area contributed by atoms with E-state index >= 15 is 0 Å². The number of halogens is 2. The highest BCUT2D eigenvalue weighted by Gasteiger charge is 2.07. The summed E-state index contributed by atoms with van der Waals surface area (Å²) in [6.07, 6.45) is 0. The Morgan fingerprint density at radius 1 is 1.00 bits per heavy atom. The van der Waals surface area contributed by atoms with Gasteiger partial charge < -0.3 is 5.32 Å². The van der Waals surface area contributed by atoms with E-state index in [4.69, 9.17) is 27.8 Å². The van der Waals surface area contributed by atoms with Crippen molar-refractivity contribution < 1.29 is 4.63 Å². The average Bonchev–Trinajstić information content (AvgIpc) is 2.76. The molecule has 0 unspecified atom stereocenters. The molecule has 0 atom stereocenters. The van der Waals surface area contributed by atoms with E-state index in [2.05, 4.69) is 15.6 Å². The van der Waals surface area contributed by atoms with E-state index in [1.165, 1.54) is 0 Å². The molecule has 2 aromatic carbocycles. The van der Waals surface area contributed by atoms with Crippen LogP contribution >= 0.6 is 23.2 Å². The molecule has 0 amide bonds. The Hall–Kier alpha value is -1.78. The molecule has 6 heteroatoms. The summed E-state index contributed by atoms with van der Waals surface area (Å²) in [5, 5.41) is 11.9. The first-order chi connectivity index (χ1) is 8.72. The summed E-state index contributed by atoms with van der Waals surface area (Å²) in [6.45, 7) is 0. The maximum absolute atomic E-state index is 5.94. The molecule has 0 aliphatic heterocycles. The van der Waals surface area contributed by atoms with Crippen LogP contribution in [0, 0.1) is 0 Å². The number of hydrogen-bond acceptors (Lipinski definition) is 4. The quantitative estimate of drug-likeness (QED) is 0.761. The molecule has 3 rings (SSSR count). The standard InChI is InChI=1S/C12H7Cl2N3O/c13-7-4-8(14)6-9(5-7)15-10-2-1-3-11-12(10)17-18-16-11/h1-6,15H. The summed E-state index contributed by atoms with van der Waals surface area (Å²) in [5.74, 6) is 0. The van der Waals surface area contributed by atoms with Crippen molar-refractivity contribution in [2.75, 3.05) is 5.32 Å². The molecule has 1 N–H and O–H groups in total. The van der Waals surface area contributed by atoms with E-state index in [-0.39, 0.29) is 0 Å². The van der Waals surface area contributed by atoms with Gasteiger partial charge >= 0.3 is 0 Å². The number of fused-ring (bicyclic) bond motifs is 1. The van der Waals surface area contributed by atoms with Crippen LogP contribution < -0.4 is 5.32 Å². The van der Waals surface area contributed by atoms with Crippen LogP contribution in [0.15, 0.2) is 41.0 Å². The minimum Gasteiger partial charge on any atom is -0.354 e. The Kier molecular flexibility index (Phi) is 2.81. The summed E-state index contributed by atoms with van der Waals surface area (Å²) < 4.78 is 4.70. The summed E-state index contributed by atoms with van der Waals surface area (Å²) in [4.78, 5) is 0. The Morgan fingerprint density at radius 3 is 2.56 bits per heavy atom. The molecule has 1 aromatic heterocycles. The Bertz CT molecular complexity index is 691. The number of aromatic nitrogens is 2. The molecule has 0 radical (unpaired) electrons. The Balaban J connectivity index is 2.03. The predicted molar refractivity (Wildman–Crippen MR) is 71.5 cm³/mol. The van der Waals surface area contributed by atoms with Crippen LogP contribution in [0.1, 0.15) is 0 Å². The van der Waals surface area contributed by atoms with Crippen LogP contribution in [0.2, 0.25) is 10.0 Å². The summed E-state index contributed by atoms with van der Waals surface area (Å²) >= 11 is 11.9. The molecule has 0 bridgehead atoms. The maximum Gasteiger partial charge on any atom is 0.158 e. The fraction of sp³-hybridized carbons (Fsp3) is 0. The lowest BCUT2D eigenvalue weighted by molar-refractivity contribution is 0.315. The number of nitrogens with one attached hydrogen (secondary N) is 1. The van der Waals surface area contributed by atoms with Crippen molar-refractivity contribution in [2.24, 2.45) is 0 Å². The van der Waals surface area contributed by atoms with Crippen molar-refractivity contribution in [3.05, 3.63) is 46.4 Å². The van der Waals surface area contributed by atoms with Gasteiger partial charge in [-0.1, -0.05) is 29.3 Å². The molecule has 90 valence electrons. The van der Waals surface area contributed by atoms with Crippen molar-refractivity contribution in [3.8, 4) is 0 Å². The minimum absolute atomic E-state index is 0.565. The smallest absolute Gasteiger partial charge is 0.158 e. The molecule has 4 nitrogen and oxygen atoms in total. The highest BCUT2D eigenvalue weighted by molar-refractivity contribution is 6.35. The van der Waals surface area contributed by atoms with E-state index < -0.39 is 0 Å². The molecular weight excluding hydrogens is 273 g/mol. The molecule has 1 heterocycles. The third-order valence-corrected chi connectivity index (χ3v) is 2.86. The van der Waals surface area contributed by atoms with E-state index in [1.807, 2.05) is 18.2 Å². The zero-order valence-corrected chi connectivity index (χ0v) is 10.5. The van der Waals surface area contributed by atoms with Gasteiger partial charge in [0.1, 0.15) is 5.52 Å². The maximum atomic E-state index is 5.94. The van der Waals surface area contributed by atoms with E-state index in [9.17, 15) is 0 Å². The topological polar surface area (TPSA) is 51.0 Å². The van der Waals surface area contributed by atoms with Gasteiger partial charge in [0.05, 0.1) is 5.69 Å². The molecule has 0 aliphatic rings. The van der Waals surface area contributed by atoms with Crippen LogP contribution in [-0.4, -0.2) is 10.3 Å². The largest absolute Gasteiger partial charge is 0.354 e. The number of nitrogens with zero attached hydrogens (tertiary/aromatic N) is 2. The predicted octanol–water partition coefficient (Wildman–Crippen LogP) is 4.27. The Labute approximate surface area is 112 Å². The van der Waals surface area contributed by atoms with Crippen LogP contribution in [0.4, 0.5) is 11.4 Å². The van der Waals surface area contributed by atoms with Crippen LogP contribution in [0.3, 0.4) is 0 Å². The first-order valence-corrected chi connectivity index (χ1v) is 5.92. The Morgan fingerprint density at radius 2 is 1.78 bits per heavy atom. The van der Waals surface area contributed by atoms with E-state index in [1.54, 1.807) is 18.2 Å². The zero-order chi connectivity index (χ0) is 12.5. The normalized spacial score (nSPS) is 10.8. The highest BCUT2D eigenvalue weighted by Crippen LogP contribution is 2.28. The first-order valence-electron chi connectivity index (χ1n) is 5.17. The van der Waals surface area contributed by atoms with Crippen molar-refractivity contribution in [3.63, 3.8) is 0 Å². The van der Waals surface area contributed by atoms with Gasteiger partial charge in [-0.2, -0.15) is 0 Å². The molecule has 0 saturated carbocycles. The fourth-order valence-corrected chi connectivity index (χ4v) is 2.21. The van der Waals surface area contributed by atoms with Crippen molar-refractivity contribution in [1.29, 1.82) is 0 Å². The third-order valence-electron chi connectivity index (χ3n) is 2.43. The van der Waals surface area contributed by atoms with Gasteiger partial charge in [-0.05, 0) is 40.6 Å². The van der Waals surface area contributed by atoms with E-state index in [0.29, 0.717) is 21.1 Å². The van der Waals surface area contributed by atoms with Gasteiger partial charge in [0, 0.05) is 15.7 Å². The molecule has 0 fully saturated rings. The third kappa shape index (κ3) is 2.12. The molecule has 18 heavy (non-hydrogen) atoms. The van der Waals surface area contributed by atoms with Crippen molar-refractivity contribution in [1.82, 2.24) is 10.3 Å². The lowest BCUT2D eigenvalue weighted by Crippen LogP contribution is -1.91. The van der Waals surface area contributed by atoms with Crippen molar-refractivity contribution >= 4 is 45.6 Å². The van der Waals surface area contributed by atoms with Gasteiger partial charge in [-0.25, -0.2) is 4.63 Å². The second kappa shape index (κ2) is 4.48. The first kappa shape index (κ1) is 11.3. The molecule has 0 saturated heterocycles. The van der Waals surface area contributed by atoms with Crippen LogP contribution in [0.25, 0.3) is 11.0 Å². The van der Waals surface area contributed by atoms with Gasteiger partial charge in [0.25, 0.3) is 0 Å². The SMILES string of the molecule is Clc1cc(Cl)cc(Nc2cccc3nonc23)c1. The summed E-state index contributed by atoms with van der Waals surface area (Å²) in [5.41, 5.74) is 2.91. The van der Waals surface area contributed by atoms with Gasteiger partial charge in [0.15, 0.2) is 5.52 Å². The minimum atomic E-state index is 0.565. The lowest BCUT2D eigenvalue weighted by Gasteiger charge is -2.07.